The van der Waals surface area contributed by atoms with Crippen LogP contribution in [0, 0.1) is 19.7 Å². The third-order valence-electron chi connectivity index (χ3n) is 5.62. The van der Waals surface area contributed by atoms with E-state index in [0.29, 0.717) is 19.7 Å². The summed E-state index contributed by atoms with van der Waals surface area (Å²) in [6.07, 6.45) is 0. The molecule has 156 valence electrons. The lowest BCUT2D eigenvalue weighted by Crippen LogP contribution is -2.33. The van der Waals surface area contributed by atoms with Crippen LogP contribution in [-0.4, -0.2) is 33.9 Å². The van der Waals surface area contributed by atoms with E-state index in [4.69, 9.17) is 4.74 Å². The Balaban J connectivity index is 1.47. The molecule has 0 bridgehead atoms. The number of nitrogens with zero attached hydrogens (tertiary/aromatic N) is 2. The van der Waals surface area contributed by atoms with Crippen LogP contribution in [0.3, 0.4) is 0 Å². The second-order valence-electron chi connectivity index (χ2n) is 7.94. The summed E-state index contributed by atoms with van der Waals surface area (Å²) in [5.74, 6) is 0.808. The van der Waals surface area contributed by atoms with Crippen molar-refractivity contribution in [3.63, 3.8) is 0 Å². The fraction of sp³-hybridized carbons (Fsp3) is 0.200. The highest BCUT2D eigenvalue weighted by Gasteiger charge is 2.23. The lowest BCUT2D eigenvalue weighted by molar-refractivity contribution is 0.0728. The number of aromatic nitrogens is 2. The Kier molecular flexibility index (Phi) is 4.70. The summed E-state index contributed by atoms with van der Waals surface area (Å²) < 4.78 is 20.3. The number of hydrogen-bond acceptors (Lipinski definition) is 3. The fourth-order valence-corrected chi connectivity index (χ4v) is 4.03. The van der Waals surface area contributed by atoms with Crippen molar-refractivity contribution in [3.05, 3.63) is 82.9 Å². The number of benzene rings is 3. The van der Waals surface area contributed by atoms with Crippen molar-refractivity contribution >= 4 is 16.9 Å². The molecule has 1 N–H and O–H groups in total. The molecule has 2 heterocycles. The highest BCUT2D eigenvalue weighted by atomic mass is 19.1. The molecule has 0 aliphatic carbocycles. The van der Waals surface area contributed by atoms with Crippen LogP contribution in [0.1, 0.15) is 27.3 Å². The van der Waals surface area contributed by atoms with Crippen molar-refractivity contribution in [2.24, 2.45) is 0 Å². The van der Waals surface area contributed by atoms with E-state index in [1.165, 1.54) is 6.07 Å². The minimum atomic E-state index is -0.493. The van der Waals surface area contributed by atoms with Gasteiger partial charge in [-0.15, -0.1) is 0 Å². The number of nitrogens with one attached hydrogen (secondary N) is 1. The van der Waals surface area contributed by atoms with E-state index in [2.05, 4.69) is 16.0 Å². The van der Waals surface area contributed by atoms with Crippen molar-refractivity contribution in [3.8, 4) is 16.9 Å². The Morgan fingerprint density at radius 1 is 1.06 bits per heavy atom. The molecule has 0 fully saturated rings. The summed E-state index contributed by atoms with van der Waals surface area (Å²) >= 11 is 0. The average molecular weight is 415 g/mol. The Morgan fingerprint density at radius 3 is 2.71 bits per heavy atom. The highest BCUT2D eigenvalue weighted by molar-refractivity contribution is 5.94. The molecule has 6 heteroatoms. The van der Waals surface area contributed by atoms with Gasteiger partial charge in [0, 0.05) is 12.1 Å². The standard InChI is InChI=1S/C25H22FN3O2/c1-15-3-6-20(21(26)11-15)25(30)29-9-10-31-24-8-5-17(12-19(24)14-29)18-4-7-22-23(13-18)28-16(2)27-22/h3-8,11-13H,9-10,14H2,1-2H3,(H,27,28). The van der Waals surface area contributed by atoms with E-state index >= 15 is 0 Å². The molecule has 0 atom stereocenters. The number of H-pyrrole nitrogens is 1. The Morgan fingerprint density at radius 2 is 1.87 bits per heavy atom. The predicted molar refractivity (Wildman–Crippen MR) is 118 cm³/mol. The van der Waals surface area contributed by atoms with Gasteiger partial charge in [-0.25, -0.2) is 9.37 Å². The van der Waals surface area contributed by atoms with E-state index in [-0.39, 0.29) is 11.5 Å². The van der Waals surface area contributed by atoms with Crippen molar-refractivity contribution in [1.29, 1.82) is 0 Å². The van der Waals surface area contributed by atoms with Gasteiger partial charge in [-0.3, -0.25) is 4.79 Å². The fourth-order valence-electron chi connectivity index (χ4n) is 4.03. The normalized spacial score (nSPS) is 13.6. The number of fused-ring (bicyclic) bond motifs is 2. The van der Waals surface area contributed by atoms with Crippen LogP contribution in [0.2, 0.25) is 0 Å². The molecular formula is C25H22FN3O2. The number of hydrogen-bond donors (Lipinski definition) is 1. The van der Waals surface area contributed by atoms with Gasteiger partial charge in [0.1, 0.15) is 24.0 Å². The van der Waals surface area contributed by atoms with Gasteiger partial charge in [-0.2, -0.15) is 0 Å². The molecule has 0 unspecified atom stereocenters. The van der Waals surface area contributed by atoms with Gasteiger partial charge in [0.25, 0.3) is 5.91 Å². The van der Waals surface area contributed by atoms with Crippen molar-refractivity contribution in [2.75, 3.05) is 13.2 Å². The van der Waals surface area contributed by atoms with Crippen molar-refractivity contribution < 1.29 is 13.9 Å². The summed E-state index contributed by atoms with van der Waals surface area (Å²) in [6, 6.07) is 16.8. The van der Waals surface area contributed by atoms with Gasteiger partial charge in [0.2, 0.25) is 0 Å². The maximum atomic E-state index is 14.4. The van der Waals surface area contributed by atoms with Crippen molar-refractivity contribution in [2.45, 2.75) is 20.4 Å². The number of imidazole rings is 1. The first kappa shape index (κ1) is 19.3. The molecule has 31 heavy (non-hydrogen) atoms. The summed E-state index contributed by atoms with van der Waals surface area (Å²) in [5.41, 5.74) is 5.75. The van der Waals surface area contributed by atoms with E-state index < -0.39 is 5.82 Å². The first-order valence-electron chi connectivity index (χ1n) is 10.3. The van der Waals surface area contributed by atoms with Gasteiger partial charge < -0.3 is 14.6 Å². The summed E-state index contributed by atoms with van der Waals surface area (Å²) in [4.78, 5) is 22.4. The first-order valence-corrected chi connectivity index (χ1v) is 10.3. The molecular weight excluding hydrogens is 393 g/mol. The van der Waals surface area contributed by atoms with Crippen LogP contribution in [0.5, 0.6) is 5.75 Å². The molecule has 4 aromatic rings. The second-order valence-corrected chi connectivity index (χ2v) is 7.94. The number of aromatic amines is 1. The Hall–Kier alpha value is -3.67. The lowest BCUT2D eigenvalue weighted by Gasteiger charge is -2.20. The molecule has 5 nitrogen and oxygen atoms in total. The first-order chi connectivity index (χ1) is 15.0. The van der Waals surface area contributed by atoms with Crippen LogP contribution in [-0.2, 0) is 6.54 Å². The number of aryl methyl sites for hydroxylation is 2. The number of carbonyl (C=O) groups excluding carboxylic acids is 1. The second kappa shape index (κ2) is 7.54. The summed E-state index contributed by atoms with van der Waals surface area (Å²) in [5, 5.41) is 0. The zero-order chi connectivity index (χ0) is 21.5. The zero-order valence-corrected chi connectivity index (χ0v) is 17.4. The number of ether oxygens (including phenoxy) is 1. The van der Waals surface area contributed by atoms with Gasteiger partial charge in [-0.05, 0) is 66.9 Å². The highest BCUT2D eigenvalue weighted by Crippen LogP contribution is 2.31. The molecule has 0 spiro atoms. The van der Waals surface area contributed by atoms with E-state index in [1.807, 2.05) is 37.3 Å². The molecule has 1 aliphatic rings. The monoisotopic (exact) mass is 415 g/mol. The quantitative estimate of drug-likeness (QED) is 0.500. The average Bonchev–Trinajstić information content (AvgIpc) is 2.98. The molecule has 0 saturated heterocycles. The van der Waals surface area contributed by atoms with Crippen LogP contribution < -0.4 is 4.74 Å². The summed E-state index contributed by atoms with van der Waals surface area (Å²) in [6.45, 7) is 4.86. The number of amides is 1. The number of rotatable bonds is 2. The van der Waals surface area contributed by atoms with Crippen LogP contribution in [0.4, 0.5) is 4.39 Å². The van der Waals surface area contributed by atoms with E-state index in [1.54, 1.807) is 24.0 Å². The molecule has 1 aliphatic heterocycles. The predicted octanol–water partition coefficient (Wildman–Crippen LogP) is 5.02. The maximum Gasteiger partial charge on any atom is 0.257 e. The molecule has 3 aromatic carbocycles. The minimum absolute atomic E-state index is 0.0882. The third-order valence-corrected chi connectivity index (χ3v) is 5.62. The number of halogens is 1. The van der Waals surface area contributed by atoms with Crippen LogP contribution in [0.25, 0.3) is 22.2 Å². The Bertz CT molecular complexity index is 1310. The third kappa shape index (κ3) is 3.65. The summed E-state index contributed by atoms with van der Waals surface area (Å²) in [7, 11) is 0. The molecule has 5 rings (SSSR count). The lowest BCUT2D eigenvalue weighted by atomic mass is 10.0. The number of carbonyl (C=O) groups is 1. The van der Waals surface area contributed by atoms with E-state index in [9.17, 15) is 9.18 Å². The maximum absolute atomic E-state index is 14.4. The molecule has 0 saturated carbocycles. The van der Waals surface area contributed by atoms with Gasteiger partial charge in [0.15, 0.2) is 0 Å². The van der Waals surface area contributed by atoms with Gasteiger partial charge in [-0.1, -0.05) is 18.2 Å². The molecule has 1 aromatic heterocycles. The van der Waals surface area contributed by atoms with Crippen LogP contribution >= 0.6 is 0 Å². The molecule has 0 radical (unpaired) electrons. The minimum Gasteiger partial charge on any atom is -0.491 e. The van der Waals surface area contributed by atoms with Crippen LogP contribution in [0.15, 0.2) is 54.6 Å². The van der Waals surface area contributed by atoms with Gasteiger partial charge in [0.05, 0.1) is 23.1 Å². The topological polar surface area (TPSA) is 58.2 Å². The van der Waals surface area contributed by atoms with Gasteiger partial charge >= 0.3 is 0 Å². The Labute approximate surface area is 179 Å². The largest absolute Gasteiger partial charge is 0.491 e. The van der Waals surface area contributed by atoms with E-state index in [0.717, 1.165) is 44.9 Å². The zero-order valence-electron chi connectivity index (χ0n) is 17.4. The SMILES string of the molecule is Cc1ccc(C(=O)N2CCOc3ccc(-c4ccc5nc(C)[nH]c5c4)cc3C2)c(F)c1. The van der Waals surface area contributed by atoms with Crippen molar-refractivity contribution in [1.82, 2.24) is 14.9 Å². The smallest absolute Gasteiger partial charge is 0.257 e. The molecule has 1 amide bonds.